The van der Waals surface area contributed by atoms with Gasteiger partial charge in [-0.1, -0.05) is 26.7 Å². The van der Waals surface area contributed by atoms with E-state index >= 15 is 0 Å². The van der Waals surface area contributed by atoms with Crippen LogP contribution in [0.15, 0.2) is 0 Å². The quantitative estimate of drug-likeness (QED) is 0.797. The van der Waals surface area contributed by atoms with Crippen LogP contribution in [0.3, 0.4) is 0 Å². The minimum Gasteiger partial charge on any atom is -0.391 e. The maximum Gasteiger partial charge on any atom is 0.389 e. The molecule has 108 valence electrons. The van der Waals surface area contributed by atoms with Crippen LogP contribution in [0.2, 0.25) is 0 Å². The van der Waals surface area contributed by atoms with Crippen LogP contribution in [0.1, 0.15) is 52.4 Å². The largest absolute Gasteiger partial charge is 0.391 e. The highest BCUT2D eigenvalue weighted by atomic mass is 19.4. The predicted octanol–water partition coefficient (Wildman–Crippen LogP) is 3.34. The third kappa shape index (κ3) is 3.60. The third-order valence-electron chi connectivity index (χ3n) is 4.18. The second-order valence-corrected chi connectivity index (χ2v) is 5.15. The number of hydrogen-bond acceptors (Lipinski definition) is 2. The molecule has 0 aromatic rings. The maximum atomic E-state index is 12.3. The fourth-order valence-corrected chi connectivity index (χ4v) is 3.27. The first-order valence-corrected chi connectivity index (χ1v) is 6.85. The Balaban J connectivity index is 2.71. The molecule has 0 radical (unpaired) electrons. The van der Waals surface area contributed by atoms with E-state index in [2.05, 4.69) is 4.90 Å². The highest BCUT2D eigenvalue weighted by molar-refractivity contribution is 5.00. The minimum atomic E-state index is -4.18. The Kier molecular flexibility index (Phi) is 5.46. The Labute approximate surface area is 107 Å². The van der Waals surface area contributed by atoms with Gasteiger partial charge in [0.25, 0.3) is 0 Å². The van der Waals surface area contributed by atoms with Crippen molar-refractivity contribution in [2.75, 3.05) is 13.1 Å². The van der Waals surface area contributed by atoms with E-state index in [0.29, 0.717) is 0 Å². The van der Waals surface area contributed by atoms with Crippen molar-refractivity contribution in [1.29, 1.82) is 0 Å². The van der Waals surface area contributed by atoms with Crippen molar-refractivity contribution in [3.05, 3.63) is 0 Å². The van der Waals surface area contributed by atoms with Gasteiger partial charge in [-0.3, -0.25) is 4.90 Å². The third-order valence-corrected chi connectivity index (χ3v) is 4.18. The summed E-state index contributed by atoms with van der Waals surface area (Å²) in [6.45, 7) is 5.55. The molecule has 18 heavy (non-hydrogen) atoms. The summed E-state index contributed by atoms with van der Waals surface area (Å²) < 4.78 is 36.8. The van der Waals surface area contributed by atoms with Crippen LogP contribution in [-0.2, 0) is 0 Å². The molecule has 1 aliphatic rings. The van der Waals surface area contributed by atoms with Gasteiger partial charge in [0.2, 0.25) is 0 Å². The SMILES string of the molecule is CCN(CC)C1(C(O)CCC(F)(F)F)CCCC1. The molecule has 1 saturated carbocycles. The molecule has 0 aromatic heterocycles. The standard InChI is InChI=1S/C13H24F3NO/c1-3-17(4-2)12(8-5-6-9-12)11(18)7-10-13(14,15)16/h11,18H,3-10H2,1-2H3. The van der Waals surface area contributed by atoms with Crippen molar-refractivity contribution < 1.29 is 18.3 Å². The minimum absolute atomic E-state index is 0.181. The van der Waals surface area contributed by atoms with E-state index in [1.165, 1.54) is 0 Å². The van der Waals surface area contributed by atoms with E-state index in [0.717, 1.165) is 38.8 Å². The predicted molar refractivity (Wildman–Crippen MR) is 65.4 cm³/mol. The average Bonchev–Trinajstić information content (AvgIpc) is 2.77. The summed E-state index contributed by atoms with van der Waals surface area (Å²) in [5.74, 6) is 0. The lowest BCUT2D eigenvalue weighted by atomic mass is 9.85. The summed E-state index contributed by atoms with van der Waals surface area (Å²) >= 11 is 0. The Morgan fingerprint density at radius 2 is 1.67 bits per heavy atom. The van der Waals surface area contributed by atoms with Crippen LogP contribution >= 0.6 is 0 Å². The van der Waals surface area contributed by atoms with E-state index in [1.54, 1.807) is 0 Å². The average molecular weight is 267 g/mol. The van der Waals surface area contributed by atoms with Gasteiger partial charge in [-0.25, -0.2) is 0 Å². The van der Waals surface area contributed by atoms with Gasteiger partial charge in [0.1, 0.15) is 0 Å². The van der Waals surface area contributed by atoms with Gasteiger partial charge in [0.05, 0.1) is 6.10 Å². The van der Waals surface area contributed by atoms with Crippen LogP contribution in [0.5, 0.6) is 0 Å². The van der Waals surface area contributed by atoms with Crippen LogP contribution in [0.4, 0.5) is 13.2 Å². The Hall–Kier alpha value is -0.290. The molecular weight excluding hydrogens is 243 g/mol. The molecule has 2 nitrogen and oxygen atoms in total. The first kappa shape index (κ1) is 15.8. The van der Waals surface area contributed by atoms with Crippen molar-refractivity contribution in [3.8, 4) is 0 Å². The van der Waals surface area contributed by atoms with Crippen molar-refractivity contribution in [1.82, 2.24) is 4.90 Å². The topological polar surface area (TPSA) is 23.5 Å². The number of rotatable bonds is 6. The summed E-state index contributed by atoms with van der Waals surface area (Å²) in [5, 5.41) is 10.3. The molecule has 1 atom stereocenters. The summed E-state index contributed by atoms with van der Waals surface area (Å²) in [4.78, 5) is 2.14. The second kappa shape index (κ2) is 6.24. The molecule has 0 saturated heterocycles. The van der Waals surface area contributed by atoms with Gasteiger partial charge >= 0.3 is 6.18 Å². The lowest BCUT2D eigenvalue weighted by Crippen LogP contribution is -2.55. The van der Waals surface area contributed by atoms with E-state index in [9.17, 15) is 18.3 Å². The molecule has 0 bridgehead atoms. The van der Waals surface area contributed by atoms with Crippen molar-refractivity contribution in [3.63, 3.8) is 0 Å². The summed E-state index contributed by atoms with van der Waals surface area (Å²) in [7, 11) is 0. The zero-order chi connectivity index (χ0) is 13.8. The van der Waals surface area contributed by atoms with Gasteiger partial charge in [-0.05, 0) is 32.4 Å². The summed E-state index contributed by atoms with van der Waals surface area (Å²) in [5.41, 5.74) is -0.422. The lowest BCUT2D eigenvalue weighted by Gasteiger charge is -2.44. The number of nitrogens with zero attached hydrogens (tertiary/aromatic N) is 1. The molecule has 1 unspecified atom stereocenters. The van der Waals surface area contributed by atoms with Gasteiger partial charge < -0.3 is 5.11 Å². The Bertz CT molecular complexity index is 245. The van der Waals surface area contributed by atoms with Gasteiger partial charge in [-0.15, -0.1) is 0 Å². The number of alkyl halides is 3. The van der Waals surface area contributed by atoms with E-state index in [4.69, 9.17) is 0 Å². The van der Waals surface area contributed by atoms with Gasteiger partial charge in [-0.2, -0.15) is 13.2 Å². The van der Waals surface area contributed by atoms with Crippen LogP contribution in [0.25, 0.3) is 0 Å². The number of hydrogen-bond donors (Lipinski definition) is 1. The molecule has 0 spiro atoms. The zero-order valence-corrected chi connectivity index (χ0v) is 11.3. The zero-order valence-electron chi connectivity index (χ0n) is 11.3. The smallest absolute Gasteiger partial charge is 0.389 e. The Morgan fingerprint density at radius 3 is 2.06 bits per heavy atom. The van der Waals surface area contributed by atoms with Crippen molar-refractivity contribution in [2.45, 2.75) is 70.2 Å². The number of halogens is 3. The van der Waals surface area contributed by atoms with Gasteiger partial charge in [0, 0.05) is 12.0 Å². The van der Waals surface area contributed by atoms with E-state index in [1.807, 2.05) is 13.8 Å². The van der Waals surface area contributed by atoms with Crippen molar-refractivity contribution in [2.24, 2.45) is 0 Å². The van der Waals surface area contributed by atoms with Crippen molar-refractivity contribution >= 4 is 0 Å². The number of aliphatic hydroxyl groups excluding tert-OH is 1. The first-order chi connectivity index (χ1) is 8.35. The number of aliphatic hydroxyl groups is 1. The van der Waals surface area contributed by atoms with E-state index in [-0.39, 0.29) is 6.42 Å². The maximum absolute atomic E-state index is 12.3. The fraction of sp³-hybridized carbons (Fsp3) is 1.00. The molecule has 1 aliphatic carbocycles. The monoisotopic (exact) mass is 267 g/mol. The summed E-state index contributed by atoms with van der Waals surface area (Å²) in [6, 6.07) is 0. The van der Waals surface area contributed by atoms with Crippen LogP contribution in [-0.4, -0.2) is 40.9 Å². The second-order valence-electron chi connectivity index (χ2n) is 5.15. The lowest BCUT2D eigenvalue weighted by molar-refractivity contribution is -0.146. The fourth-order valence-electron chi connectivity index (χ4n) is 3.27. The highest BCUT2D eigenvalue weighted by Crippen LogP contribution is 2.40. The molecule has 0 aliphatic heterocycles. The molecule has 1 N–H and O–H groups in total. The molecule has 1 fully saturated rings. The van der Waals surface area contributed by atoms with Crippen LogP contribution in [0, 0.1) is 0 Å². The summed E-state index contributed by atoms with van der Waals surface area (Å²) in [6.07, 6.45) is -2.50. The Morgan fingerprint density at radius 1 is 1.17 bits per heavy atom. The number of likely N-dealkylation sites (N-methyl/N-ethyl adjacent to an activating group) is 1. The van der Waals surface area contributed by atoms with Gasteiger partial charge in [0.15, 0.2) is 0 Å². The molecule has 5 heteroatoms. The first-order valence-electron chi connectivity index (χ1n) is 6.85. The normalized spacial score (nSPS) is 21.5. The van der Waals surface area contributed by atoms with E-state index < -0.39 is 24.2 Å². The molecule has 0 aromatic carbocycles. The molecular formula is C13H24F3NO. The van der Waals surface area contributed by atoms with Crippen LogP contribution < -0.4 is 0 Å². The molecule has 1 rings (SSSR count). The highest BCUT2D eigenvalue weighted by Gasteiger charge is 2.45. The molecule has 0 heterocycles. The molecule has 0 amide bonds.